The van der Waals surface area contributed by atoms with Gasteiger partial charge in [0.1, 0.15) is 5.82 Å². The van der Waals surface area contributed by atoms with E-state index in [0.29, 0.717) is 29.4 Å². The van der Waals surface area contributed by atoms with Crippen LogP contribution in [0.4, 0.5) is 4.39 Å². The highest BCUT2D eigenvalue weighted by atomic mass is 19.1. The van der Waals surface area contributed by atoms with E-state index in [-0.39, 0.29) is 49.8 Å². The molecule has 0 unspecified atom stereocenters. The zero-order valence-corrected chi connectivity index (χ0v) is 20.9. The third-order valence-electron chi connectivity index (χ3n) is 5.93. The van der Waals surface area contributed by atoms with Crippen LogP contribution in [0.25, 0.3) is 0 Å². The lowest BCUT2D eigenvalue weighted by Gasteiger charge is -2.27. The van der Waals surface area contributed by atoms with E-state index in [1.54, 1.807) is 29.2 Å². The van der Waals surface area contributed by atoms with Gasteiger partial charge in [-0.25, -0.2) is 4.39 Å². The van der Waals surface area contributed by atoms with Gasteiger partial charge in [-0.3, -0.25) is 9.59 Å². The predicted molar refractivity (Wildman–Crippen MR) is 128 cm³/mol. The topological polar surface area (TPSA) is 77.5 Å². The van der Waals surface area contributed by atoms with Crippen LogP contribution in [0.3, 0.4) is 0 Å². The molecule has 2 aromatic rings. The average Bonchev–Trinajstić information content (AvgIpc) is 3.01. The maximum Gasteiger partial charge on any atom is 0.242 e. The Morgan fingerprint density at radius 3 is 2.17 bits per heavy atom. The molecule has 0 bridgehead atoms. The third-order valence-corrected chi connectivity index (χ3v) is 5.93. The molecule has 2 aromatic carbocycles. The first-order valence-electron chi connectivity index (χ1n) is 11.5. The van der Waals surface area contributed by atoms with E-state index in [0.717, 1.165) is 5.56 Å². The van der Waals surface area contributed by atoms with E-state index in [1.807, 2.05) is 13.8 Å². The summed E-state index contributed by atoms with van der Waals surface area (Å²) in [6.45, 7) is 4.72. The lowest BCUT2D eigenvalue weighted by atomic mass is 10.1. The summed E-state index contributed by atoms with van der Waals surface area (Å²) in [5.41, 5.74) is 1.49. The van der Waals surface area contributed by atoms with Gasteiger partial charge in [0.2, 0.25) is 17.6 Å². The minimum absolute atomic E-state index is 0.0299. The fraction of sp³-hybridized carbons (Fsp3) is 0.462. The summed E-state index contributed by atoms with van der Waals surface area (Å²) in [7, 11) is 4.54. The summed E-state index contributed by atoms with van der Waals surface area (Å²) in [5, 5.41) is 0. The first kappa shape index (κ1) is 26.3. The number of halogens is 1. The number of carbonyl (C=O) groups excluding carboxylic acids is 2. The van der Waals surface area contributed by atoms with Crippen molar-refractivity contribution in [2.75, 3.05) is 41.0 Å². The largest absolute Gasteiger partial charge is 0.493 e. The Morgan fingerprint density at radius 2 is 1.63 bits per heavy atom. The van der Waals surface area contributed by atoms with Gasteiger partial charge in [-0.1, -0.05) is 12.1 Å². The highest BCUT2D eigenvalue weighted by molar-refractivity contribution is 5.86. The number of benzene rings is 2. The van der Waals surface area contributed by atoms with Crippen LogP contribution >= 0.6 is 0 Å². The Morgan fingerprint density at radius 1 is 1.00 bits per heavy atom. The molecule has 35 heavy (non-hydrogen) atoms. The van der Waals surface area contributed by atoms with Gasteiger partial charge in [-0.15, -0.1) is 0 Å². The van der Waals surface area contributed by atoms with E-state index in [2.05, 4.69) is 0 Å². The van der Waals surface area contributed by atoms with Gasteiger partial charge in [0.15, 0.2) is 11.5 Å². The van der Waals surface area contributed by atoms with Crippen LogP contribution in [0.2, 0.25) is 0 Å². The summed E-state index contributed by atoms with van der Waals surface area (Å²) < 4.78 is 35.4. The van der Waals surface area contributed by atoms with Crippen molar-refractivity contribution >= 4 is 11.8 Å². The van der Waals surface area contributed by atoms with E-state index in [4.69, 9.17) is 18.9 Å². The Labute approximate surface area is 205 Å². The summed E-state index contributed by atoms with van der Waals surface area (Å²) in [6, 6.07) is 9.48. The van der Waals surface area contributed by atoms with E-state index in [9.17, 15) is 14.0 Å². The standard InChI is InChI=1S/C26H33FN2O6/c1-17(2)29-14-21(35-16-18-6-8-20(27)9-7-18)13-28(15-25(29)31)24(30)12-19-10-22(32-3)26(34-5)23(11-19)33-4/h6-11,17,21H,12-16H2,1-5H3/t21-/m1/s1. The van der Waals surface area contributed by atoms with Crippen LogP contribution in [0.15, 0.2) is 36.4 Å². The van der Waals surface area contributed by atoms with Gasteiger partial charge in [0.05, 0.1) is 47.0 Å². The molecule has 0 N–H and O–H groups in total. The van der Waals surface area contributed by atoms with Crippen molar-refractivity contribution in [3.05, 3.63) is 53.3 Å². The van der Waals surface area contributed by atoms with Gasteiger partial charge in [0.25, 0.3) is 0 Å². The zero-order valence-electron chi connectivity index (χ0n) is 20.9. The molecule has 190 valence electrons. The molecule has 0 aromatic heterocycles. The van der Waals surface area contributed by atoms with E-state index < -0.39 is 6.10 Å². The van der Waals surface area contributed by atoms with Gasteiger partial charge >= 0.3 is 0 Å². The van der Waals surface area contributed by atoms with Crippen molar-refractivity contribution in [1.82, 2.24) is 9.80 Å². The lowest BCUT2D eigenvalue weighted by molar-refractivity contribution is -0.139. The number of methoxy groups -OCH3 is 3. The fourth-order valence-corrected chi connectivity index (χ4v) is 4.06. The Balaban J connectivity index is 1.78. The van der Waals surface area contributed by atoms with Crippen LogP contribution in [0, 0.1) is 5.82 Å². The number of ether oxygens (including phenoxy) is 4. The van der Waals surface area contributed by atoms with E-state index >= 15 is 0 Å². The SMILES string of the molecule is COc1cc(CC(=O)N2CC(=O)N(C(C)C)C[C@H](OCc3ccc(F)cc3)C2)cc(OC)c1OC. The lowest BCUT2D eigenvalue weighted by Crippen LogP contribution is -2.42. The molecule has 2 amide bonds. The quantitative estimate of drug-likeness (QED) is 0.540. The molecule has 9 heteroatoms. The molecule has 0 saturated carbocycles. The zero-order chi connectivity index (χ0) is 25.5. The van der Waals surface area contributed by atoms with E-state index in [1.165, 1.54) is 38.4 Å². The minimum atomic E-state index is -0.391. The molecule has 0 spiro atoms. The molecule has 1 aliphatic rings. The molecule has 3 rings (SSSR count). The Bertz CT molecular complexity index is 1000. The molecule has 1 heterocycles. The molecule has 1 aliphatic heterocycles. The number of hydrogen-bond donors (Lipinski definition) is 0. The van der Waals surface area contributed by atoms with Crippen molar-refractivity contribution in [1.29, 1.82) is 0 Å². The maximum absolute atomic E-state index is 13.3. The monoisotopic (exact) mass is 488 g/mol. The first-order chi connectivity index (χ1) is 16.7. The van der Waals surface area contributed by atoms with Crippen LogP contribution in [0.5, 0.6) is 17.2 Å². The van der Waals surface area contributed by atoms with Gasteiger partial charge < -0.3 is 28.7 Å². The Kier molecular flexibility index (Phi) is 8.92. The molecule has 1 fully saturated rings. The highest BCUT2D eigenvalue weighted by Crippen LogP contribution is 2.38. The summed E-state index contributed by atoms with van der Waals surface area (Å²) in [5.74, 6) is 0.683. The number of amides is 2. The summed E-state index contributed by atoms with van der Waals surface area (Å²) in [4.78, 5) is 29.5. The van der Waals surface area contributed by atoms with Crippen molar-refractivity contribution in [3.63, 3.8) is 0 Å². The molecular formula is C26H33FN2O6. The molecule has 8 nitrogen and oxygen atoms in total. The number of nitrogens with zero attached hydrogens (tertiary/aromatic N) is 2. The number of carbonyl (C=O) groups is 2. The number of hydrogen-bond acceptors (Lipinski definition) is 6. The van der Waals surface area contributed by atoms with Crippen LogP contribution in [-0.4, -0.2) is 74.7 Å². The molecule has 0 aliphatic carbocycles. The van der Waals surface area contributed by atoms with Crippen LogP contribution in [-0.2, 0) is 27.4 Å². The van der Waals surface area contributed by atoms with Crippen molar-refractivity contribution in [3.8, 4) is 17.2 Å². The first-order valence-corrected chi connectivity index (χ1v) is 11.5. The second-order valence-corrected chi connectivity index (χ2v) is 8.68. The van der Waals surface area contributed by atoms with Crippen LogP contribution < -0.4 is 14.2 Å². The van der Waals surface area contributed by atoms with Crippen molar-refractivity contribution < 1.29 is 32.9 Å². The van der Waals surface area contributed by atoms with Gasteiger partial charge in [-0.2, -0.15) is 0 Å². The van der Waals surface area contributed by atoms with Crippen molar-refractivity contribution in [2.45, 2.75) is 39.0 Å². The summed E-state index contributed by atoms with van der Waals surface area (Å²) in [6.07, 6.45) is -0.339. The van der Waals surface area contributed by atoms with Gasteiger partial charge in [-0.05, 0) is 49.2 Å². The van der Waals surface area contributed by atoms with Crippen molar-refractivity contribution in [2.24, 2.45) is 0 Å². The second-order valence-electron chi connectivity index (χ2n) is 8.68. The smallest absolute Gasteiger partial charge is 0.242 e. The summed E-state index contributed by atoms with van der Waals surface area (Å²) >= 11 is 0. The highest BCUT2D eigenvalue weighted by Gasteiger charge is 2.32. The minimum Gasteiger partial charge on any atom is -0.493 e. The predicted octanol–water partition coefficient (Wildman–Crippen LogP) is 3.06. The number of rotatable bonds is 9. The molecule has 1 saturated heterocycles. The maximum atomic E-state index is 13.3. The second kappa shape index (κ2) is 11.9. The molecule has 1 atom stereocenters. The third kappa shape index (κ3) is 6.63. The Hall–Kier alpha value is -3.33. The van der Waals surface area contributed by atoms with Gasteiger partial charge in [0, 0.05) is 19.1 Å². The molecule has 0 radical (unpaired) electrons. The average molecular weight is 489 g/mol. The molecular weight excluding hydrogens is 455 g/mol. The normalized spacial score (nSPS) is 16.3. The fourth-order valence-electron chi connectivity index (χ4n) is 4.06. The van der Waals surface area contributed by atoms with Crippen LogP contribution in [0.1, 0.15) is 25.0 Å².